The van der Waals surface area contributed by atoms with Gasteiger partial charge in [-0.05, 0) is 72.3 Å². The largest absolute Gasteiger partial charge is 0.417 e. The first kappa shape index (κ1) is 23.4. The van der Waals surface area contributed by atoms with E-state index in [2.05, 4.69) is 49.1 Å². The zero-order chi connectivity index (χ0) is 24.4. The van der Waals surface area contributed by atoms with E-state index in [9.17, 15) is 18.0 Å². The Morgan fingerprint density at radius 3 is 2.40 bits per heavy atom. The summed E-state index contributed by atoms with van der Waals surface area (Å²) in [6.45, 7) is 1.72. The molecule has 2 aromatic heterocycles. The number of anilines is 1. The first-order valence-corrected chi connectivity index (χ1v) is 11.9. The van der Waals surface area contributed by atoms with Crippen molar-refractivity contribution in [3.8, 4) is 11.1 Å². The van der Waals surface area contributed by atoms with Crippen LogP contribution in [0, 0.1) is 0 Å². The van der Waals surface area contributed by atoms with Crippen molar-refractivity contribution in [3.63, 3.8) is 0 Å². The summed E-state index contributed by atoms with van der Waals surface area (Å²) in [7, 11) is 0. The average molecular weight is 498 g/mol. The van der Waals surface area contributed by atoms with Gasteiger partial charge in [-0.15, -0.1) is 0 Å². The molecule has 1 aliphatic rings. The molecule has 0 aliphatic carbocycles. The number of alkyl halides is 3. The van der Waals surface area contributed by atoms with Gasteiger partial charge in [-0.3, -0.25) is 4.79 Å². The van der Waals surface area contributed by atoms with Gasteiger partial charge in [0.2, 0.25) is 0 Å². The third-order valence-corrected chi connectivity index (χ3v) is 7.09. The summed E-state index contributed by atoms with van der Waals surface area (Å²) in [6.07, 6.45) is -0.113. The van der Waals surface area contributed by atoms with E-state index in [1.165, 1.54) is 6.07 Å². The Morgan fingerprint density at radius 2 is 1.71 bits per heavy atom. The van der Waals surface area contributed by atoms with Crippen molar-refractivity contribution in [1.29, 1.82) is 0 Å². The van der Waals surface area contributed by atoms with Gasteiger partial charge >= 0.3 is 6.18 Å². The fraction of sp³-hybridized carbons (Fsp3) is 0.240. The summed E-state index contributed by atoms with van der Waals surface area (Å²) < 4.78 is 40.4. The Labute approximate surface area is 203 Å². The average Bonchev–Trinajstić information content (AvgIpc) is 2.85. The normalized spacial score (nSPS) is 15.4. The molecule has 10 heteroatoms. The monoisotopic (exact) mass is 497 g/mol. The molecule has 1 fully saturated rings. The minimum Gasteiger partial charge on any atom is -0.367 e. The molecule has 1 aliphatic heterocycles. The SMILES string of the molecule is O=c1[nH]ncc2cc(-c3ccc(SN4CCC(Nc5ccc(C(F)(F)F)cn5)CC4)cc3)ccc12. The number of fused-ring (bicyclic) bond motifs is 1. The molecule has 0 bridgehead atoms. The van der Waals surface area contributed by atoms with Crippen molar-refractivity contribution >= 4 is 28.5 Å². The molecule has 5 rings (SSSR count). The van der Waals surface area contributed by atoms with Crippen LogP contribution in [0.25, 0.3) is 21.9 Å². The molecule has 0 saturated carbocycles. The molecule has 0 atom stereocenters. The van der Waals surface area contributed by atoms with Crippen LogP contribution in [0.2, 0.25) is 0 Å². The number of rotatable bonds is 5. The van der Waals surface area contributed by atoms with Gasteiger partial charge in [-0.2, -0.15) is 18.3 Å². The van der Waals surface area contributed by atoms with Crippen LogP contribution in [0.4, 0.5) is 19.0 Å². The van der Waals surface area contributed by atoms with Gasteiger partial charge in [0.15, 0.2) is 0 Å². The minimum atomic E-state index is -4.38. The summed E-state index contributed by atoms with van der Waals surface area (Å²) in [4.78, 5) is 16.9. The van der Waals surface area contributed by atoms with E-state index in [1.54, 1.807) is 18.1 Å². The van der Waals surface area contributed by atoms with Gasteiger partial charge in [0.1, 0.15) is 5.82 Å². The number of halogens is 3. The molecular formula is C25H22F3N5OS. The number of aromatic nitrogens is 3. The molecule has 0 unspecified atom stereocenters. The topological polar surface area (TPSA) is 73.9 Å². The standard InChI is InChI=1S/C25H22F3N5OS/c26-25(27,28)19-4-8-23(29-15-19)31-20-9-11-33(12-10-20)35-21-5-1-16(2-6-21)17-3-7-22-18(13-17)14-30-32-24(22)34/h1-8,13-15,20H,9-12H2,(H,29,31)(H,32,34). The van der Waals surface area contributed by atoms with Crippen molar-refractivity contribution in [1.82, 2.24) is 19.5 Å². The number of hydrogen-bond acceptors (Lipinski definition) is 6. The maximum Gasteiger partial charge on any atom is 0.417 e. The van der Waals surface area contributed by atoms with Crippen molar-refractivity contribution < 1.29 is 13.2 Å². The Kier molecular flexibility index (Phi) is 6.48. The van der Waals surface area contributed by atoms with E-state index in [4.69, 9.17) is 0 Å². The third-order valence-electron chi connectivity index (χ3n) is 5.98. The lowest BCUT2D eigenvalue weighted by Gasteiger charge is -2.31. The molecule has 35 heavy (non-hydrogen) atoms. The summed E-state index contributed by atoms with van der Waals surface area (Å²) in [5, 5.41) is 11.0. The van der Waals surface area contributed by atoms with Crippen LogP contribution in [-0.4, -0.2) is 38.6 Å². The van der Waals surface area contributed by atoms with Gasteiger partial charge in [0, 0.05) is 35.6 Å². The van der Waals surface area contributed by atoms with Gasteiger partial charge in [0.25, 0.3) is 5.56 Å². The predicted octanol–water partition coefficient (Wildman–Crippen LogP) is 5.59. The van der Waals surface area contributed by atoms with Crippen LogP contribution in [0.15, 0.2) is 76.7 Å². The molecule has 0 radical (unpaired) electrons. The van der Waals surface area contributed by atoms with Crippen molar-refractivity contribution in [2.24, 2.45) is 0 Å². The van der Waals surface area contributed by atoms with Crippen LogP contribution in [0.5, 0.6) is 0 Å². The lowest BCUT2D eigenvalue weighted by Crippen LogP contribution is -2.35. The lowest BCUT2D eigenvalue weighted by molar-refractivity contribution is -0.137. The molecule has 0 spiro atoms. The van der Waals surface area contributed by atoms with Gasteiger partial charge < -0.3 is 5.32 Å². The van der Waals surface area contributed by atoms with Crippen LogP contribution in [0.3, 0.4) is 0 Å². The number of aromatic amines is 1. The highest BCUT2D eigenvalue weighted by Gasteiger charge is 2.30. The number of hydrogen-bond donors (Lipinski definition) is 2. The molecule has 0 amide bonds. The highest BCUT2D eigenvalue weighted by Crippen LogP contribution is 2.31. The number of pyridine rings is 1. The zero-order valence-corrected chi connectivity index (χ0v) is 19.4. The first-order chi connectivity index (χ1) is 16.8. The number of H-pyrrole nitrogens is 1. The second-order valence-electron chi connectivity index (χ2n) is 8.39. The summed E-state index contributed by atoms with van der Waals surface area (Å²) in [6, 6.07) is 16.6. The van der Waals surface area contributed by atoms with E-state index in [0.29, 0.717) is 11.2 Å². The molecule has 4 aromatic rings. The Bertz CT molecular complexity index is 1370. The highest BCUT2D eigenvalue weighted by molar-refractivity contribution is 7.97. The minimum absolute atomic E-state index is 0.174. The second-order valence-corrected chi connectivity index (χ2v) is 9.56. The molecule has 6 nitrogen and oxygen atoms in total. The number of nitrogens with zero attached hydrogens (tertiary/aromatic N) is 3. The Hall–Kier alpha value is -3.37. The van der Waals surface area contributed by atoms with Crippen molar-refractivity contribution in [2.75, 3.05) is 18.4 Å². The molecule has 2 N–H and O–H groups in total. The van der Waals surface area contributed by atoms with E-state index >= 15 is 0 Å². The van der Waals surface area contributed by atoms with Crippen LogP contribution in [0.1, 0.15) is 18.4 Å². The Balaban J connectivity index is 1.15. The van der Waals surface area contributed by atoms with Gasteiger partial charge in [-0.25, -0.2) is 14.4 Å². The first-order valence-electron chi connectivity index (χ1n) is 11.2. The molecule has 180 valence electrons. The fourth-order valence-corrected chi connectivity index (χ4v) is 5.03. The zero-order valence-electron chi connectivity index (χ0n) is 18.5. The number of nitrogens with one attached hydrogen (secondary N) is 2. The summed E-state index contributed by atoms with van der Waals surface area (Å²) >= 11 is 1.70. The maximum absolute atomic E-state index is 12.7. The van der Waals surface area contributed by atoms with Crippen LogP contribution in [-0.2, 0) is 6.18 Å². The van der Waals surface area contributed by atoms with E-state index < -0.39 is 11.7 Å². The van der Waals surface area contributed by atoms with E-state index in [-0.39, 0.29) is 11.6 Å². The summed E-state index contributed by atoms with van der Waals surface area (Å²) in [5.41, 5.74) is 1.14. The van der Waals surface area contributed by atoms with E-state index in [1.807, 2.05) is 18.2 Å². The van der Waals surface area contributed by atoms with Gasteiger partial charge in [0.05, 0.1) is 17.1 Å². The van der Waals surface area contributed by atoms with Crippen molar-refractivity contribution in [3.05, 3.63) is 82.9 Å². The van der Waals surface area contributed by atoms with Crippen molar-refractivity contribution in [2.45, 2.75) is 30.0 Å². The van der Waals surface area contributed by atoms with E-state index in [0.717, 1.165) is 59.6 Å². The third kappa shape index (κ3) is 5.49. The molecule has 2 aromatic carbocycles. The highest BCUT2D eigenvalue weighted by atomic mass is 32.2. The predicted molar refractivity (Wildman–Crippen MR) is 131 cm³/mol. The molecule has 3 heterocycles. The quantitative estimate of drug-likeness (QED) is 0.351. The Morgan fingerprint density at radius 1 is 0.971 bits per heavy atom. The lowest BCUT2D eigenvalue weighted by atomic mass is 10.0. The molecule has 1 saturated heterocycles. The van der Waals surface area contributed by atoms with Gasteiger partial charge in [-0.1, -0.05) is 18.2 Å². The maximum atomic E-state index is 12.7. The second kappa shape index (κ2) is 9.71. The summed E-state index contributed by atoms with van der Waals surface area (Å²) in [5.74, 6) is 0.466. The van der Waals surface area contributed by atoms with Crippen LogP contribution >= 0.6 is 11.9 Å². The van der Waals surface area contributed by atoms with Crippen LogP contribution < -0.4 is 10.9 Å². The number of piperidine rings is 1. The smallest absolute Gasteiger partial charge is 0.367 e. The molecular weight excluding hydrogens is 475 g/mol. The fourth-order valence-electron chi connectivity index (χ4n) is 4.08. The number of benzene rings is 2.